The Balaban J connectivity index is 1.82. The number of halogens is 1. The largest absolute Gasteiger partial charge is 0.480 e. The van der Waals surface area contributed by atoms with Gasteiger partial charge in [0.1, 0.15) is 17.6 Å². The number of aromatic amines is 1. The first-order chi connectivity index (χ1) is 11.5. The second-order valence-electron chi connectivity index (χ2n) is 5.33. The van der Waals surface area contributed by atoms with Crippen LogP contribution in [-0.2, 0) is 11.2 Å². The van der Waals surface area contributed by atoms with Gasteiger partial charge in [-0.05, 0) is 30.7 Å². The lowest BCUT2D eigenvalue weighted by Gasteiger charge is -2.13. The van der Waals surface area contributed by atoms with Gasteiger partial charge < -0.3 is 19.8 Å². The Kier molecular flexibility index (Phi) is 4.03. The van der Waals surface area contributed by atoms with Gasteiger partial charge in [-0.1, -0.05) is 0 Å². The fourth-order valence-corrected chi connectivity index (χ4v) is 2.50. The molecule has 3 rings (SSSR count). The number of carboxylic acids is 1. The molecule has 1 aromatic carbocycles. The minimum Gasteiger partial charge on any atom is -0.480 e. The fraction of sp³-hybridized carbons (Fsp3) is 0.188. The van der Waals surface area contributed by atoms with Gasteiger partial charge in [-0.2, -0.15) is 0 Å². The van der Waals surface area contributed by atoms with E-state index >= 15 is 0 Å². The summed E-state index contributed by atoms with van der Waals surface area (Å²) in [5.74, 6) is -1.89. The maximum Gasteiger partial charge on any atom is 0.326 e. The highest BCUT2D eigenvalue weighted by Crippen LogP contribution is 2.20. The predicted octanol–water partition coefficient (Wildman–Crippen LogP) is 2.03. The molecule has 3 N–H and O–H groups in total. The van der Waals surface area contributed by atoms with E-state index in [1.165, 1.54) is 12.1 Å². The number of benzene rings is 1. The van der Waals surface area contributed by atoms with Gasteiger partial charge in [-0.15, -0.1) is 0 Å². The van der Waals surface area contributed by atoms with Crippen molar-refractivity contribution in [3.8, 4) is 0 Å². The summed E-state index contributed by atoms with van der Waals surface area (Å²) in [6.45, 7) is 1.56. The van der Waals surface area contributed by atoms with Crippen molar-refractivity contribution in [1.82, 2.24) is 15.3 Å². The maximum absolute atomic E-state index is 13.2. The number of nitrogens with one attached hydrogen (secondary N) is 2. The van der Waals surface area contributed by atoms with E-state index in [0.717, 1.165) is 6.39 Å². The number of hydrogen-bond acceptors (Lipinski definition) is 4. The molecule has 8 heteroatoms. The molecule has 1 unspecified atom stereocenters. The molecular formula is C16H14FN3O4. The van der Waals surface area contributed by atoms with Gasteiger partial charge in [0, 0.05) is 23.5 Å². The minimum absolute atomic E-state index is 0.0437. The Morgan fingerprint density at radius 1 is 1.46 bits per heavy atom. The van der Waals surface area contributed by atoms with E-state index in [2.05, 4.69) is 15.3 Å². The van der Waals surface area contributed by atoms with Crippen LogP contribution in [-0.4, -0.2) is 33.0 Å². The molecule has 0 saturated carbocycles. The van der Waals surface area contributed by atoms with Crippen molar-refractivity contribution in [1.29, 1.82) is 0 Å². The summed E-state index contributed by atoms with van der Waals surface area (Å²) in [5, 5.41) is 12.5. The number of carboxylic acid groups (broad SMARTS) is 1. The number of aliphatic carboxylic acids is 1. The van der Waals surface area contributed by atoms with Crippen LogP contribution in [0.2, 0.25) is 0 Å². The summed E-state index contributed by atoms with van der Waals surface area (Å²) < 4.78 is 18.2. The minimum atomic E-state index is -1.18. The normalized spacial score (nSPS) is 12.2. The number of aryl methyl sites for hydroxylation is 1. The maximum atomic E-state index is 13.2. The smallest absolute Gasteiger partial charge is 0.326 e. The Labute approximate surface area is 135 Å². The lowest BCUT2D eigenvalue weighted by Crippen LogP contribution is -2.42. The lowest BCUT2D eigenvalue weighted by molar-refractivity contribution is -0.139. The van der Waals surface area contributed by atoms with E-state index in [1.54, 1.807) is 19.2 Å². The zero-order valence-corrected chi connectivity index (χ0v) is 12.7. The highest BCUT2D eigenvalue weighted by Gasteiger charge is 2.24. The number of carbonyl (C=O) groups excluding carboxylic acids is 1. The number of H-pyrrole nitrogens is 1. The van der Waals surface area contributed by atoms with Crippen LogP contribution >= 0.6 is 0 Å². The molecule has 1 amide bonds. The number of nitrogens with zero attached hydrogens (tertiary/aromatic N) is 1. The van der Waals surface area contributed by atoms with Crippen molar-refractivity contribution in [2.75, 3.05) is 0 Å². The van der Waals surface area contributed by atoms with Crippen LogP contribution in [0, 0.1) is 12.7 Å². The summed E-state index contributed by atoms with van der Waals surface area (Å²) in [5.41, 5.74) is 1.27. The molecular weight excluding hydrogens is 317 g/mol. The van der Waals surface area contributed by atoms with Crippen LogP contribution in [0.25, 0.3) is 10.9 Å². The number of rotatable bonds is 5. The first-order valence-corrected chi connectivity index (χ1v) is 7.15. The first-order valence-electron chi connectivity index (χ1n) is 7.15. The quantitative estimate of drug-likeness (QED) is 0.663. The van der Waals surface area contributed by atoms with E-state index in [4.69, 9.17) is 4.42 Å². The molecule has 0 aliphatic carbocycles. The van der Waals surface area contributed by atoms with Crippen molar-refractivity contribution in [2.24, 2.45) is 0 Å². The second kappa shape index (κ2) is 6.15. The number of hydrogen-bond donors (Lipinski definition) is 3. The summed E-state index contributed by atoms with van der Waals surface area (Å²) in [6, 6.07) is 3.04. The van der Waals surface area contributed by atoms with Gasteiger partial charge in [-0.25, -0.2) is 14.2 Å². The molecule has 7 nitrogen and oxygen atoms in total. The molecule has 0 spiro atoms. The molecule has 0 fully saturated rings. The molecule has 0 aliphatic rings. The predicted molar refractivity (Wildman–Crippen MR) is 82.1 cm³/mol. The van der Waals surface area contributed by atoms with Gasteiger partial charge in [0.2, 0.25) is 0 Å². The van der Waals surface area contributed by atoms with Crippen molar-refractivity contribution >= 4 is 22.8 Å². The van der Waals surface area contributed by atoms with Crippen LogP contribution in [0.1, 0.15) is 21.8 Å². The summed E-state index contributed by atoms with van der Waals surface area (Å²) in [7, 11) is 0. The van der Waals surface area contributed by atoms with Crippen LogP contribution < -0.4 is 5.32 Å². The lowest BCUT2D eigenvalue weighted by atomic mass is 10.0. The average Bonchev–Trinajstić information content (AvgIpc) is 3.12. The van der Waals surface area contributed by atoms with E-state index in [9.17, 15) is 19.1 Å². The third-order valence-electron chi connectivity index (χ3n) is 3.72. The average molecular weight is 331 g/mol. The number of fused-ring (bicyclic) bond motifs is 1. The third kappa shape index (κ3) is 2.98. The standard InChI is InChI=1S/C16H14FN3O4/c1-8-14(19-7-24-8)15(21)20-13(16(22)23)4-9-6-18-12-5-10(17)2-3-11(9)12/h2-3,5-7,13,18H,4H2,1H3,(H,20,21)(H,22,23). The molecule has 0 saturated heterocycles. The van der Waals surface area contributed by atoms with Crippen LogP contribution in [0.4, 0.5) is 4.39 Å². The molecule has 3 aromatic rings. The molecule has 0 aliphatic heterocycles. The van der Waals surface area contributed by atoms with Crippen molar-refractivity contribution in [3.63, 3.8) is 0 Å². The number of aromatic nitrogens is 2. The van der Waals surface area contributed by atoms with Crippen molar-refractivity contribution in [3.05, 3.63) is 53.6 Å². The van der Waals surface area contributed by atoms with Crippen molar-refractivity contribution in [2.45, 2.75) is 19.4 Å². The highest BCUT2D eigenvalue weighted by molar-refractivity contribution is 5.96. The van der Waals surface area contributed by atoms with Gasteiger partial charge in [0.25, 0.3) is 5.91 Å². The van der Waals surface area contributed by atoms with E-state index in [-0.39, 0.29) is 17.9 Å². The number of amides is 1. The zero-order valence-electron chi connectivity index (χ0n) is 12.7. The van der Waals surface area contributed by atoms with E-state index in [1.807, 2.05) is 0 Å². The molecule has 0 radical (unpaired) electrons. The Hall–Kier alpha value is -3.16. The van der Waals surface area contributed by atoms with Gasteiger partial charge in [-0.3, -0.25) is 4.79 Å². The zero-order chi connectivity index (χ0) is 17.3. The molecule has 24 heavy (non-hydrogen) atoms. The summed E-state index contributed by atoms with van der Waals surface area (Å²) >= 11 is 0. The second-order valence-corrected chi connectivity index (χ2v) is 5.33. The van der Waals surface area contributed by atoms with Crippen molar-refractivity contribution < 1.29 is 23.5 Å². The van der Waals surface area contributed by atoms with Crippen LogP contribution in [0.15, 0.2) is 35.2 Å². The highest BCUT2D eigenvalue weighted by atomic mass is 19.1. The van der Waals surface area contributed by atoms with Crippen LogP contribution in [0.3, 0.4) is 0 Å². The van der Waals surface area contributed by atoms with Gasteiger partial charge in [0.05, 0.1) is 0 Å². The molecule has 1 atom stereocenters. The Morgan fingerprint density at radius 2 is 2.25 bits per heavy atom. The summed E-state index contributed by atoms with van der Waals surface area (Å²) in [6.07, 6.45) is 2.77. The Morgan fingerprint density at radius 3 is 2.92 bits per heavy atom. The number of carbonyl (C=O) groups is 2. The fourth-order valence-electron chi connectivity index (χ4n) is 2.50. The summed E-state index contributed by atoms with van der Waals surface area (Å²) in [4.78, 5) is 30.3. The Bertz CT molecular complexity index is 915. The van der Waals surface area contributed by atoms with Gasteiger partial charge in [0.15, 0.2) is 12.1 Å². The van der Waals surface area contributed by atoms with Gasteiger partial charge >= 0.3 is 5.97 Å². The SMILES string of the molecule is Cc1ocnc1C(=O)NC(Cc1c[nH]c2cc(F)ccc12)C(=O)O. The first kappa shape index (κ1) is 15.7. The van der Waals surface area contributed by atoms with E-state index < -0.39 is 17.9 Å². The molecule has 0 bridgehead atoms. The molecule has 2 heterocycles. The molecule has 2 aromatic heterocycles. The molecule has 124 valence electrons. The topological polar surface area (TPSA) is 108 Å². The monoisotopic (exact) mass is 331 g/mol. The van der Waals surface area contributed by atoms with Crippen LogP contribution in [0.5, 0.6) is 0 Å². The third-order valence-corrected chi connectivity index (χ3v) is 3.72. The van der Waals surface area contributed by atoms with E-state index in [0.29, 0.717) is 22.2 Å². The number of oxazole rings is 1.